The summed E-state index contributed by atoms with van der Waals surface area (Å²) in [6.07, 6.45) is -4.64. The first-order valence-corrected chi connectivity index (χ1v) is 7.28. The number of Topliss-reactive ketones (excluding diaryl/α,β-unsaturated/α-hetero) is 2. The van der Waals surface area contributed by atoms with E-state index >= 15 is 0 Å². The summed E-state index contributed by atoms with van der Waals surface area (Å²) < 4.78 is 7.79. The normalized spacial score (nSPS) is 17.3. The van der Waals surface area contributed by atoms with Gasteiger partial charge in [-0.3, -0.25) is 9.59 Å². The van der Waals surface area contributed by atoms with Crippen molar-refractivity contribution in [3.8, 4) is 0 Å². The Morgan fingerprint density at radius 1 is 0.714 bits per heavy atom. The molecule has 0 amide bonds. The minimum Gasteiger partial charge on any atom is -0.393 e. The molecule has 4 atom stereocenters. The van der Waals surface area contributed by atoms with Crippen LogP contribution in [0.3, 0.4) is 0 Å². The Hall–Kier alpha value is -2.62. The summed E-state index contributed by atoms with van der Waals surface area (Å²) in [7, 11) is 0. The van der Waals surface area contributed by atoms with E-state index in [-0.39, 0.29) is 0 Å². The highest BCUT2D eigenvalue weighted by Crippen LogP contribution is 2.29. The van der Waals surface area contributed by atoms with E-state index in [1.165, 1.54) is 0 Å². The second-order valence-electron chi connectivity index (χ2n) is 5.35. The third kappa shape index (κ3) is 4.61. The van der Waals surface area contributed by atoms with Gasteiger partial charge in [-0.25, -0.2) is 19.2 Å². The van der Waals surface area contributed by atoms with Gasteiger partial charge in [0, 0.05) is 0 Å². The number of carbonyl (C=O) groups excluding carboxylic acids is 6. The SMILES string of the molecule is CC(=O)C(O)(C(=O)OC(=O)C(O)CO)C(O)(C(C)=O)C(=O)OC(=O)C(O)CO. The van der Waals surface area contributed by atoms with Crippen LogP contribution in [0.4, 0.5) is 0 Å². The molecule has 0 bridgehead atoms. The molecule has 0 rings (SSSR count). The summed E-state index contributed by atoms with van der Waals surface area (Å²) in [6.45, 7) is -1.73. The maximum Gasteiger partial charge on any atom is 0.358 e. The van der Waals surface area contributed by atoms with Crippen molar-refractivity contribution in [3.63, 3.8) is 0 Å². The maximum absolute atomic E-state index is 12.1. The minimum atomic E-state index is -4.13. The lowest BCUT2D eigenvalue weighted by Gasteiger charge is -2.35. The zero-order chi connectivity index (χ0) is 22.4. The molecule has 14 nitrogen and oxygen atoms in total. The molecule has 0 saturated carbocycles. The average Bonchev–Trinajstić information content (AvgIpc) is 2.63. The highest BCUT2D eigenvalue weighted by atomic mass is 16.6. The van der Waals surface area contributed by atoms with E-state index in [0.717, 1.165) is 0 Å². The zero-order valence-electron chi connectivity index (χ0n) is 14.5. The van der Waals surface area contributed by atoms with E-state index in [9.17, 15) is 39.0 Å². The van der Waals surface area contributed by atoms with Crippen LogP contribution in [-0.2, 0) is 38.2 Å². The Balaban J connectivity index is 6.18. The summed E-state index contributed by atoms with van der Waals surface area (Å²) in [6, 6.07) is 0. The first-order valence-electron chi connectivity index (χ1n) is 7.28. The van der Waals surface area contributed by atoms with Gasteiger partial charge in [0.15, 0.2) is 23.8 Å². The first kappa shape index (κ1) is 25.4. The van der Waals surface area contributed by atoms with E-state index in [0.29, 0.717) is 13.8 Å². The number of hydrogen-bond acceptors (Lipinski definition) is 14. The van der Waals surface area contributed by atoms with Crippen LogP contribution in [0, 0.1) is 0 Å². The second kappa shape index (κ2) is 9.54. The minimum absolute atomic E-state index is 0.389. The lowest BCUT2D eigenvalue weighted by molar-refractivity contribution is -0.214. The molecule has 0 aliphatic carbocycles. The predicted octanol–water partition coefficient (Wildman–Crippen LogP) is -5.53. The van der Waals surface area contributed by atoms with Crippen molar-refractivity contribution in [2.75, 3.05) is 13.2 Å². The highest BCUT2D eigenvalue weighted by molar-refractivity contribution is 6.23. The van der Waals surface area contributed by atoms with Gasteiger partial charge in [-0.2, -0.15) is 0 Å². The summed E-state index contributed by atoms with van der Waals surface area (Å²) in [5.74, 6) is -12.3. The number of aliphatic hydroxyl groups is 6. The molecule has 0 aromatic heterocycles. The summed E-state index contributed by atoms with van der Waals surface area (Å²) in [4.78, 5) is 70.4. The molecule has 0 aliphatic rings. The molecule has 0 fully saturated rings. The van der Waals surface area contributed by atoms with Crippen molar-refractivity contribution in [2.45, 2.75) is 37.3 Å². The van der Waals surface area contributed by atoms with Crippen LogP contribution in [0.2, 0.25) is 0 Å². The monoisotopic (exact) mass is 410 g/mol. The third-order valence-corrected chi connectivity index (χ3v) is 3.41. The third-order valence-electron chi connectivity index (χ3n) is 3.41. The fraction of sp³-hybridized carbons (Fsp3) is 0.571. The molecule has 0 aromatic rings. The molecule has 0 aromatic carbocycles. The molecule has 14 heteroatoms. The van der Waals surface area contributed by atoms with Crippen molar-refractivity contribution in [1.29, 1.82) is 0 Å². The summed E-state index contributed by atoms with van der Waals surface area (Å²) >= 11 is 0. The molecule has 28 heavy (non-hydrogen) atoms. The molecule has 158 valence electrons. The molecule has 0 spiro atoms. The highest BCUT2D eigenvalue weighted by Gasteiger charge is 2.69. The lowest BCUT2D eigenvalue weighted by Crippen LogP contribution is -2.71. The molecule has 0 saturated heterocycles. The van der Waals surface area contributed by atoms with Gasteiger partial charge in [0.2, 0.25) is 0 Å². The van der Waals surface area contributed by atoms with E-state index in [4.69, 9.17) is 20.4 Å². The van der Waals surface area contributed by atoms with Crippen LogP contribution >= 0.6 is 0 Å². The van der Waals surface area contributed by atoms with Gasteiger partial charge in [0.05, 0.1) is 13.2 Å². The van der Waals surface area contributed by atoms with Gasteiger partial charge >= 0.3 is 23.9 Å². The largest absolute Gasteiger partial charge is 0.393 e. The van der Waals surface area contributed by atoms with Crippen molar-refractivity contribution in [3.05, 3.63) is 0 Å². The summed E-state index contributed by atoms with van der Waals surface area (Å²) in [5.41, 5.74) is -8.27. The fourth-order valence-corrected chi connectivity index (χ4v) is 1.71. The van der Waals surface area contributed by atoms with E-state index < -0.39 is 72.1 Å². The number of esters is 4. The molecule has 0 heterocycles. The first-order chi connectivity index (χ1) is 12.7. The van der Waals surface area contributed by atoms with Crippen molar-refractivity contribution in [2.24, 2.45) is 0 Å². The van der Waals surface area contributed by atoms with Gasteiger partial charge < -0.3 is 40.1 Å². The topological polar surface area (TPSA) is 242 Å². The Morgan fingerprint density at radius 2 is 0.964 bits per heavy atom. The maximum atomic E-state index is 12.1. The Labute approximate surface area is 155 Å². The van der Waals surface area contributed by atoms with Crippen LogP contribution in [0.5, 0.6) is 0 Å². The van der Waals surface area contributed by atoms with Crippen molar-refractivity contribution < 1.29 is 68.9 Å². The second-order valence-corrected chi connectivity index (χ2v) is 5.35. The van der Waals surface area contributed by atoms with E-state index in [1.54, 1.807) is 0 Å². The Morgan fingerprint density at radius 3 is 1.14 bits per heavy atom. The number of ether oxygens (including phenoxy) is 2. The van der Waals surface area contributed by atoms with Crippen LogP contribution in [0.25, 0.3) is 0 Å². The van der Waals surface area contributed by atoms with Gasteiger partial charge in [0.1, 0.15) is 0 Å². The van der Waals surface area contributed by atoms with Gasteiger partial charge in [0.25, 0.3) is 11.2 Å². The average molecular weight is 410 g/mol. The number of rotatable bonds is 9. The molecule has 0 aliphatic heterocycles. The summed E-state index contributed by atoms with van der Waals surface area (Å²) in [5, 5.41) is 55.9. The Kier molecular flexibility index (Phi) is 8.65. The molecular formula is C14H18O14. The zero-order valence-corrected chi connectivity index (χ0v) is 14.5. The van der Waals surface area contributed by atoms with Gasteiger partial charge in [-0.1, -0.05) is 0 Å². The smallest absolute Gasteiger partial charge is 0.358 e. The van der Waals surface area contributed by atoms with E-state index in [2.05, 4.69) is 9.47 Å². The number of hydrogen-bond donors (Lipinski definition) is 6. The standard InChI is InChI=1S/C14H18O14/c1-5(17)13(25,11(23)27-9(21)7(19)3-15)14(26,6(2)18)12(24)28-10(22)8(20)4-16/h7-8,15-16,19-20,25-26H,3-4H2,1-2H3. The number of carbonyl (C=O) groups is 6. The Bertz CT molecular complexity index is 626. The van der Waals surface area contributed by atoms with Gasteiger partial charge in [-0.05, 0) is 13.8 Å². The van der Waals surface area contributed by atoms with E-state index in [1.807, 2.05) is 0 Å². The quantitative estimate of drug-likeness (QED) is 0.153. The predicted molar refractivity (Wildman–Crippen MR) is 79.6 cm³/mol. The lowest BCUT2D eigenvalue weighted by atomic mass is 9.77. The van der Waals surface area contributed by atoms with Gasteiger partial charge in [-0.15, -0.1) is 0 Å². The molecular weight excluding hydrogens is 392 g/mol. The molecule has 0 radical (unpaired) electrons. The fourth-order valence-electron chi connectivity index (χ4n) is 1.71. The molecule has 6 N–H and O–H groups in total. The molecule has 4 unspecified atom stereocenters. The van der Waals surface area contributed by atoms with Crippen molar-refractivity contribution in [1.82, 2.24) is 0 Å². The number of ketones is 2. The van der Waals surface area contributed by atoms with Crippen LogP contribution in [0.15, 0.2) is 0 Å². The van der Waals surface area contributed by atoms with Crippen LogP contribution in [-0.4, -0.2) is 103 Å². The van der Waals surface area contributed by atoms with Crippen LogP contribution in [0.1, 0.15) is 13.8 Å². The van der Waals surface area contributed by atoms with Crippen molar-refractivity contribution >= 4 is 35.4 Å². The van der Waals surface area contributed by atoms with Crippen LogP contribution < -0.4 is 0 Å². The number of aliphatic hydroxyl groups excluding tert-OH is 4.